The molecular weight excluding hydrogens is 192 g/mol. The van der Waals surface area contributed by atoms with E-state index in [0.717, 1.165) is 0 Å². The highest BCUT2D eigenvalue weighted by molar-refractivity contribution is 5.80. The maximum Gasteiger partial charge on any atom is 0.262 e. The number of hydrogen-bond donors (Lipinski definition) is 1. The van der Waals surface area contributed by atoms with Gasteiger partial charge in [0.1, 0.15) is 6.54 Å². The first-order valence-electron chi connectivity index (χ1n) is 4.34. The molecule has 0 aliphatic heterocycles. The smallest absolute Gasteiger partial charge is 0.262 e. The zero-order valence-corrected chi connectivity index (χ0v) is 7.84. The van der Waals surface area contributed by atoms with Crippen molar-refractivity contribution in [1.82, 2.24) is 9.55 Å². The lowest BCUT2D eigenvalue weighted by Gasteiger charge is -2.02. The monoisotopic (exact) mass is 200 g/mol. The fourth-order valence-corrected chi connectivity index (χ4v) is 1.37. The summed E-state index contributed by atoms with van der Waals surface area (Å²) < 4.78 is 1.25. The number of benzene rings is 1. The molecule has 0 bridgehead atoms. The summed E-state index contributed by atoms with van der Waals surface area (Å²) in [6, 6.07) is 6.83. The summed E-state index contributed by atoms with van der Waals surface area (Å²) in [6.07, 6.45) is 1.37. The van der Waals surface area contributed by atoms with E-state index in [1.54, 1.807) is 18.2 Å². The highest BCUT2D eigenvalue weighted by Crippen LogP contribution is 2.10. The minimum Gasteiger partial charge on any atom is -0.399 e. The van der Waals surface area contributed by atoms with E-state index in [1.165, 1.54) is 10.9 Å². The predicted molar refractivity (Wildman–Crippen MR) is 56.0 cm³/mol. The quantitative estimate of drug-likeness (QED) is 0.679. The summed E-state index contributed by atoms with van der Waals surface area (Å²) in [4.78, 5) is 15.8. The molecule has 74 valence electrons. The molecule has 2 rings (SSSR count). The van der Waals surface area contributed by atoms with E-state index in [9.17, 15) is 4.79 Å². The van der Waals surface area contributed by atoms with Crippen LogP contribution in [0.15, 0.2) is 29.3 Å². The molecule has 5 nitrogen and oxygen atoms in total. The zero-order valence-electron chi connectivity index (χ0n) is 7.84. The van der Waals surface area contributed by atoms with Gasteiger partial charge < -0.3 is 5.73 Å². The third-order valence-electron chi connectivity index (χ3n) is 2.09. The Hall–Kier alpha value is -2.35. The van der Waals surface area contributed by atoms with Gasteiger partial charge in [0.15, 0.2) is 0 Å². The molecule has 2 aromatic rings. The number of nitrogens with zero attached hydrogens (tertiary/aromatic N) is 3. The van der Waals surface area contributed by atoms with Crippen LogP contribution < -0.4 is 11.3 Å². The molecule has 5 heteroatoms. The van der Waals surface area contributed by atoms with Gasteiger partial charge in [0, 0.05) is 5.69 Å². The van der Waals surface area contributed by atoms with Crippen molar-refractivity contribution in [3.8, 4) is 6.07 Å². The Balaban J connectivity index is 2.78. The van der Waals surface area contributed by atoms with Crippen molar-refractivity contribution in [2.24, 2.45) is 0 Å². The lowest BCUT2D eigenvalue weighted by molar-refractivity contribution is 0.775. The maximum absolute atomic E-state index is 11.8. The van der Waals surface area contributed by atoms with Crippen LogP contribution >= 0.6 is 0 Å². The lowest BCUT2D eigenvalue weighted by Crippen LogP contribution is -2.20. The standard InChI is InChI=1S/C10H8N4O/c11-3-4-14-6-13-9-2-1-7(12)5-8(9)10(14)15/h1-2,5-6H,4,12H2. The van der Waals surface area contributed by atoms with Crippen molar-refractivity contribution >= 4 is 16.6 Å². The number of rotatable bonds is 1. The second kappa shape index (κ2) is 3.42. The van der Waals surface area contributed by atoms with E-state index in [2.05, 4.69) is 4.98 Å². The number of nitriles is 1. The van der Waals surface area contributed by atoms with Crippen molar-refractivity contribution in [3.63, 3.8) is 0 Å². The number of anilines is 1. The van der Waals surface area contributed by atoms with Gasteiger partial charge >= 0.3 is 0 Å². The molecule has 2 N–H and O–H groups in total. The van der Waals surface area contributed by atoms with Crippen LogP contribution in [0.2, 0.25) is 0 Å². The van der Waals surface area contributed by atoms with Gasteiger partial charge in [-0.25, -0.2) is 4.98 Å². The van der Waals surface area contributed by atoms with Crippen LogP contribution in [0.5, 0.6) is 0 Å². The first-order valence-corrected chi connectivity index (χ1v) is 4.34. The molecule has 1 heterocycles. The van der Waals surface area contributed by atoms with Gasteiger partial charge in [0.05, 0.1) is 23.3 Å². The molecule has 0 saturated heterocycles. The van der Waals surface area contributed by atoms with E-state index >= 15 is 0 Å². The van der Waals surface area contributed by atoms with Crippen LogP contribution in [-0.2, 0) is 6.54 Å². The van der Waals surface area contributed by atoms with E-state index < -0.39 is 0 Å². The van der Waals surface area contributed by atoms with Gasteiger partial charge in [-0.2, -0.15) is 5.26 Å². The van der Waals surface area contributed by atoms with E-state index in [-0.39, 0.29) is 12.1 Å². The Kier molecular flexibility index (Phi) is 2.10. The summed E-state index contributed by atoms with van der Waals surface area (Å²) in [5.74, 6) is 0. The first kappa shape index (κ1) is 9.21. The molecule has 0 aliphatic rings. The highest BCUT2D eigenvalue weighted by atomic mass is 16.1. The number of hydrogen-bond acceptors (Lipinski definition) is 4. The van der Waals surface area contributed by atoms with E-state index in [4.69, 9.17) is 11.0 Å². The summed E-state index contributed by atoms with van der Waals surface area (Å²) in [7, 11) is 0. The Morgan fingerprint density at radius 1 is 1.53 bits per heavy atom. The van der Waals surface area contributed by atoms with Gasteiger partial charge in [0.25, 0.3) is 5.56 Å². The number of aromatic nitrogens is 2. The number of nitrogen functional groups attached to an aromatic ring is 1. The molecule has 0 amide bonds. The highest BCUT2D eigenvalue weighted by Gasteiger charge is 2.03. The average Bonchev–Trinajstić information content (AvgIpc) is 2.23. The van der Waals surface area contributed by atoms with Crippen LogP contribution in [0.25, 0.3) is 10.9 Å². The SMILES string of the molecule is N#CCn1cnc2ccc(N)cc2c1=O. The van der Waals surface area contributed by atoms with Crippen LogP contribution in [0.1, 0.15) is 0 Å². The first-order chi connectivity index (χ1) is 7.22. The zero-order chi connectivity index (χ0) is 10.8. The molecule has 0 fully saturated rings. The summed E-state index contributed by atoms with van der Waals surface area (Å²) in [5, 5.41) is 8.95. The third-order valence-corrected chi connectivity index (χ3v) is 2.09. The van der Waals surface area contributed by atoms with Crippen molar-refractivity contribution < 1.29 is 0 Å². The molecule has 0 atom stereocenters. The Morgan fingerprint density at radius 3 is 3.07 bits per heavy atom. The van der Waals surface area contributed by atoms with Crippen molar-refractivity contribution in [2.45, 2.75) is 6.54 Å². The Bertz CT molecular complexity index is 609. The van der Waals surface area contributed by atoms with E-state index in [1.807, 2.05) is 6.07 Å². The molecule has 0 aliphatic carbocycles. The van der Waals surface area contributed by atoms with Gasteiger partial charge in [-0.3, -0.25) is 9.36 Å². The van der Waals surface area contributed by atoms with E-state index in [0.29, 0.717) is 16.6 Å². The van der Waals surface area contributed by atoms with Crippen molar-refractivity contribution in [1.29, 1.82) is 5.26 Å². The predicted octanol–water partition coefficient (Wildman–Crippen LogP) is 0.502. The third kappa shape index (κ3) is 1.53. The van der Waals surface area contributed by atoms with Crippen LogP contribution in [-0.4, -0.2) is 9.55 Å². The topological polar surface area (TPSA) is 84.7 Å². The maximum atomic E-state index is 11.8. The number of nitrogens with two attached hydrogens (primary N) is 1. The Labute approximate surface area is 85.4 Å². The number of fused-ring (bicyclic) bond motifs is 1. The fraction of sp³-hybridized carbons (Fsp3) is 0.100. The molecule has 1 aromatic heterocycles. The van der Waals surface area contributed by atoms with Crippen molar-refractivity contribution in [2.75, 3.05) is 5.73 Å². The molecular formula is C10H8N4O. The van der Waals surface area contributed by atoms with Crippen LogP contribution in [0.3, 0.4) is 0 Å². The van der Waals surface area contributed by atoms with Crippen LogP contribution in [0.4, 0.5) is 5.69 Å². The Morgan fingerprint density at radius 2 is 2.33 bits per heavy atom. The van der Waals surface area contributed by atoms with Crippen molar-refractivity contribution in [3.05, 3.63) is 34.9 Å². The normalized spacial score (nSPS) is 10.1. The average molecular weight is 200 g/mol. The van der Waals surface area contributed by atoms with Crippen LogP contribution in [0, 0.1) is 11.3 Å². The molecule has 15 heavy (non-hydrogen) atoms. The fourth-order valence-electron chi connectivity index (χ4n) is 1.37. The molecule has 1 aromatic carbocycles. The summed E-state index contributed by atoms with van der Waals surface area (Å²) >= 11 is 0. The summed E-state index contributed by atoms with van der Waals surface area (Å²) in [6.45, 7) is -0.00340. The largest absolute Gasteiger partial charge is 0.399 e. The second-order valence-electron chi connectivity index (χ2n) is 3.11. The summed E-state index contributed by atoms with van der Waals surface area (Å²) in [5.41, 5.74) is 6.43. The molecule has 0 radical (unpaired) electrons. The van der Waals surface area contributed by atoms with Gasteiger partial charge in [-0.05, 0) is 18.2 Å². The molecule has 0 spiro atoms. The lowest BCUT2D eigenvalue weighted by atomic mass is 10.2. The van der Waals surface area contributed by atoms with Gasteiger partial charge in [-0.1, -0.05) is 0 Å². The van der Waals surface area contributed by atoms with Gasteiger partial charge in [0.2, 0.25) is 0 Å². The minimum atomic E-state index is -0.242. The second-order valence-corrected chi connectivity index (χ2v) is 3.11. The van der Waals surface area contributed by atoms with Gasteiger partial charge in [-0.15, -0.1) is 0 Å². The molecule has 0 unspecified atom stereocenters. The molecule has 0 saturated carbocycles. The minimum absolute atomic E-state index is 0.00340.